The number of nitrogens with zero attached hydrogens (tertiary/aromatic N) is 5. The van der Waals surface area contributed by atoms with Crippen LogP contribution in [0.4, 0.5) is 4.39 Å². The molecule has 1 aliphatic heterocycles. The first-order valence-electron chi connectivity index (χ1n) is 10.7. The molecule has 0 spiro atoms. The van der Waals surface area contributed by atoms with Gasteiger partial charge in [0.2, 0.25) is 11.8 Å². The molecule has 3 heterocycles. The molecule has 4 rings (SSSR count). The van der Waals surface area contributed by atoms with Gasteiger partial charge in [-0.1, -0.05) is 12.1 Å². The van der Waals surface area contributed by atoms with Crippen LogP contribution in [-0.2, 0) is 17.6 Å². The van der Waals surface area contributed by atoms with Gasteiger partial charge in [0, 0.05) is 69.0 Å². The fraction of sp³-hybridized carbons (Fsp3) is 0.292. The van der Waals surface area contributed by atoms with E-state index in [1.165, 1.54) is 18.3 Å². The molecule has 0 atom stereocenters. The standard InChI is InChI=1S/C24H24FN5O3.ClH/c25-20-3-1-2-18(14-20)5-13-33-22-15-19(4-6-28-22)24(32)30-11-9-29(10-12-30)23(31)16-21-17-26-7-8-27-21;/h1-4,6-8,14-15,17H,5,9-13,16H2;1H. The molecule has 178 valence electrons. The monoisotopic (exact) mass is 485 g/mol. The van der Waals surface area contributed by atoms with Crippen molar-refractivity contribution in [3.63, 3.8) is 0 Å². The molecule has 10 heteroatoms. The SMILES string of the molecule is Cl.O=C(Cc1cnccn1)N1CCN(C(=O)c2ccnc(OCCc3cccc(F)c3)c2)CC1. The van der Waals surface area contributed by atoms with Gasteiger partial charge >= 0.3 is 0 Å². The average Bonchev–Trinajstić information content (AvgIpc) is 2.84. The summed E-state index contributed by atoms with van der Waals surface area (Å²) in [6.45, 7) is 2.15. The zero-order valence-corrected chi connectivity index (χ0v) is 19.3. The molecule has 0 N–H and O–H groups in total. The lowest BCUT2D eigenvalue weighted by Crippen LogP contribution is -2.51. The zero-order chi connectivity index (χ0) is 23.0. The van der Waals surface area contributed by atoms with Crippen molar-refractivity contribution in [2.75, 3.05) is 32.8 Å². The lowest BCUT2D eigenvalue weighted by molar-refractivity contribution is -0.132. The number of benzene rings is 1. The van der Waals surface area contributed by atoms with Crippen molar-refractivity contribution in [3.05, 3.63) is 83.8 Å². The molecule has 1 aromatic carbocycles. The number of piperazine rings is 1. The Hall–Kier alpha value is -3.59. The summed E-state index contributed by atoms with van der Waals surface area (Å²) in [6.07, 6.45) is 6.97. The van der Waals surface area contributed by atoms with Crippen molar-refractivity contribution in [3.8, 4) is 5.88 Å². The van der Waals surface area contributed by atoms with E-state index in [2.05, 4.69) is 15.0 Å². The second-order valence-electron chi connectivity index (χ2n) is 7.66. The Kier molecular flexibility index (Phi) is 8.86. The lowest BCUT2D eigenvalue weighted by Gasteiger charge is -2.34. The number of carbonyl (C=O) groups excluding carboxylic acids is 2. The number of ether oxygens (including phenoxy) is 1. The van der Waals surface area contributed by atoms with Crippen LogP contribution in [0, 0.1) is 5.82 Å². The highest BCUT2D eigenvalue weighted by atomic mass is 35.5. The van der Waals surface area contributed by atoms with Gasteiger partial charge in [-0.2, -0.15) is 0 Å². The zero-order valence-electron chi connectivity index (χ0n) is 18.5. The Bertz CT molecular complexity index is 1110. The fourth-order valence-corrected chi connectivity index (χ4v) is 3.62. The van der Waals surface area contributed by atoms with Crippen molar-refractivity contribution in [1.29, 1.82) is 0 Å². The van der Waals surface area contributed by atoms with Gasteiger partial charge in [0.25, 0.3) is 5.91 Å². The first kappa shape index (κ1) is 25.0. The Morgan fingerprint density at radius 2 is 1.76 bits per heavy atom. The van der Waals surface area contributed by atoms with E-state index >= 15 is 0 Å². The second kappa shape index (κ2) is 12.0. The molecule has 0 aliphatic carbocycles. The van der Waals surface area contributed by atoms with Gasteiger partial charge in [0.1, 0.15) is 5.82 Å². The maximum atomic E-state index is 13.3. The maximum Gasteiger partial charge on any atom is 0.254 e. The molecular weight excluding hydrogens is 461 g/mol. The third kappa shape index (κ3) is 6.71. The predicted molar refractivity (Wildman–Crippen MR) is 125 cm³/mol. The molecule has 0 radical (unpaired) electrons. The van der Waals surface area contributed by atoms with Gasteiger partial charge < -0.3 is 14.5 Å². The van der Waals surface area contributed by atoms with Gasteiger partial charge in [-0.3, -0.25) is 19.6 Å². The highest BCUT2D eigenvalue weighted by molar-refractivity contribution is 5.94. The molecule has 0 unspecified atom stereocenters. The minimum absolute atomic E-state index is 0. The molecular formula is C24H25ClFN5O3. The molecule has 0 saturated carbocycles. The number of aromatic nitrogens is 3. The number of carbonyl (C=O) groups is 2. The summed E-state index contributed by atoms with van der Waals surface area (Å²) < 4.78 is 18.9. The largest absolute Gasteiger partial charge is 0.477 e. The van der Waals surface area contributed by atoms with Crippen molar-refractivity contribution in [1.82, 2.24) is 24.8 Å². The van der Waals surface area contributed by atoms with Crippen LogP contribution in [0.15, 0.2) is 61.2 Å². The smallest absolute Gasteiger partial charge is 0.254 e. The topological polar surface area (TPSA) is 88.5 Å². The van der Waals surface area contributed by atoms with E-state index in [9.17, 15) is 14.0 Å². The van der Waals surface area contributed by atoms with Crippen molar-refractivity contribution in [2.24, 2.45) is 0 Å². The first-order valence-corrected chi connectivity index (χ1v) is 10.7. The van der Waals surface area contributed by atoms with Gasteiger partial charge in [-0.15, -0.1) is 12.4 Å². The molecule has 34 heavy (non-hydrogen) atoms. The second-order valence-corrected chi connectivity index (χ2v) is 7.66. The summed E-state index contributed by atoms with van der Waals surface area (Å²) in [4.78, 5) is 41.2. The Morgan fingerprint density at radius 3 is 2.50 bits per heavy atom. The predicted octanol–water partition coefficient (Wildman–Crippen LogP) is 2.58. The van der Waals surface area contributed by atoms with Crippen molar-refractivity contribution >= 4 is 24.2 Å². The van der Waals surface area contributed by atoms with Gasteiger partial charge in [-0.25, -0.2) is 9.37 Å². The number of hydrogen-bond acceptors (Lipinski definition) is 6. The van der Waals surface area contributed by atoms with Crippen LogP contribution in [0.25, 0.3) is 0 Å². The summed E-state index contributed by atoms with van der Waals surface area (Å²) in [5, 5.41) is 0. The van der Waals surface area contributed by atoms with Gasteiger partial charge in [0.15, 0.2) is 0 Å². The van der Waals surface area contributed by atoms with Crippen LogP contribution in [0.3, 0.4) is 0 Å². The minimum atomic E-state index is -0.284. The number of hydrogen-bond donors (Lipinski definition) is 0. The van der Waals surface area contributed by atoms with E-state index in [1.54, 1.807) is 46.6 Å². The average molecular weight is 486 g/mol. The Labute approximate surface area is 203 Å². The quantitative estimate of drug-likeness (QED) is 0.511. The summed E-state index contributed by atoms with van der Waals surface area (Å²) in [6, 6.07) is 9.61. The minimum Gasteiger partial charge on any atom is -0.477 e. The van der Waals surface area contributed by atoms with E-state index in [0.717, 1.165) is 5.56 Å². The van der Waals surface area contributed by atoms with E-state index in [4.69, 9.17) is 4.74 Å². The van der Waals surface area contributed by atoms with E-state index < -0.39 is 0 Å². The Balaban J connectivity index is 0.00000324. The van der Waals surface area contributed by atoms with Crippen LogP contribution in [-0.4, -0.2) is 69.4 Å². The van der Waals surface area contributed by atoms with Gasteiger partial charge in [-0.05, 0) is 23.8 Å². The summed E-state index contributed by atoms with van der Waals surface area (Å²) >= 11 is 0. The third-order valence-corrected chi connectivity index (χ3v) is 5.38. The molecule has 2 aromatic heterocycles. The lowest BCUT2D eigenvalue weighted by atomic mass is 10.1. The molecule has 3 aromatic rings. The summed E-state index contributed by atoms with van der Waals surface area (Å²) in [7, 11) is 0. The normalized spacial score (nSPS) is 13.2. The van der Waals surface area contributed by atoms with Crippen LogP contribution >= 0.6 is 12.4 Å². The van der Waals surface area contributed by atoms with E-state index in [-0.39, 0.29) is 36.5 Å². The Morgan fingerprint density at radius 1 is 0.971 bits per heavy atom. The highest BCUT2D eigenvalue weighted by Crippen LogP contribution is 2.15. The number of rotatable bonds is 7. The van der Waals surface area contributed by atoms with Crippen LogP contribution < -0.4 is 4.74 Å². The molecule has 0 bridgehead atoms. The van der Waals surface area contributed by atoms with Crippen LogP contribution in [0.1, 0.15) is 21.6 Å². The maximum absolute atomic E-state index is 13.3. The molecule has 2 amide bonds. The number of amides is 2. The van der Waals surface area contributed by atoms with Gasteiger partial charge in [0.05, 0.1) is 18.7 Å². The fourth-order valence-electron chi connectivity index (χ4n) is 3.62. The number of halogens is 2. The summed E-state index contributed by atoms with van der Waals surface area (Å²) in [5.74, 6) is -0.0994. The van der Waals surface area contributed by atoms with Crippen LogP contribution in [0.2, 0.25) is 0 Å². The van der Waals surface area contributed by atoms with E-state index in [1.807, 2.05) is 6.07 Å². The molecule has 1 aliphatic rings. The molecule has 1 saturated heterocycles. The van der Waals surface area contributed by atoms with E-state index in [0.29, 0.717) is 56.3 Å². The molecule has 1 fully saturated rings. The highest BCUT2D eigenvalue weighted by Gasteiger charge is 2.25. The van der Waals surface area contributed by atoms with Crippen molar-refractivity contribution < 1.29 is 18.7 Å². The first-order chi connectivity index (χ1) is 16.1. The molecule has 8 nitrogen and oxygen atoms in total. The van der Waals surface area contributed by atoms with Crippen molar-refractivity contribution in [2.45, 2.75) is 12.8 Å². The van der Waals surface area contributed by atoms with Crippen LogP contribution in [0.5, 0.6) is 5.88 Å². The summed E-state index contributed by atoms with van der Waals surface area (Å²) in [5.41, 5.74) is 1.93. The third-order valence-electron chi connectivity index (χ3n) is 5.38. The number of pyridine rings is 1.